The van der Waals surface area contributed by atoms with Crippen LogP contribution in [0, 0.1) is 6.92 Å². The highest BCUT2D eigenvalue weighted by molar-refractivity contribution is 9.10. The number of rotatable bonds is 4. The predicted molar refractivity (Wildman–Crippen MR) is 88.5 cm³/mol. The molecule has 0 spiro atoms. The molecule has 0 radical (unpaired) electrons. The maximum Gasteiger partial charge on any atom is 0.163 e. The molecule has 2 rings (SSSR count). The molecule has 0 saturated heterocycles. The Hall–Kier alpha value is -1.13. The number of anilines is 1. The lowest BCUT2D eigenvalue weighted by molar-refractivity contribution is 0.989. The lowest BCUT2D eigenvalue weighted by Gasteiger charge is -2.13. The van der Waals surface area contributed by atoms with Crippen molar-refractivity contribution >= 4 is 33.3 Å². The lowest BCUT2D eigenvalue weighted by atomic mass is 10.1. The molecule has 0 aliphatic carbocycles. The van der Waals surface area contributed by atoms with Crippen LogP contribution in [0.1, 0.15) is 25.1 Å². The van der Waals surface area contributed by atoms with E-state index in [2.05, 4.69) is 45.1 Å². The van der Waals surface area contributed by atoms with Gasteiger partial charge in [0.15, 0.2) is 5.82 Å². The molecule has 0 unspecified atom stereocenters. The summed E-state index contributed by atoms with van der Waals surface area (Å²) < 4.78 is 0.944. The summed E-state index contributed by atoms with van der Waals surface area (Å²) in [4.78, 5) is 9.23. The molecule has 3 nitrogen and oxygen atoms in total. The Kier molecular flexibility index (Phi) is 5.00. The third-order valence-electron chi connectivity index (χ3n) is 3.08. The monoisotopic (exact) mass is 353 g/mol. The van der Waals surface area contributed by atoms with E-state index in [0.29, 0.717) is 10.8 Å². The van der Waals surface area contributed by atoms with E-state index in [1.165, 1.54) is 0 Å². The largest absolute Gasteiger partial charge is 0.370 e. The first-order valence-electron chi connectivity index (χ1n) is 6.63. The Morgan fingerprint density at radius 1 is 1.25 bits per heavy atom. The van der Waals surface area contributed by atoms with Crippen LogP contribution in [-0.4, -0.2) is 16.5 Å². The number of halogens is 2. The molecule has 1 heterocycles. The van der Waals surface area contributed by atoms with Gasteiger partial charge in [-0.2, -0.15) is 0 Å². The van der Waals surface area contributed by atoms with Crippen molar-refractivity contribution in [1.82, 2.24) is 9.97 Å². The highest BCUT2D eigenvalue weighted by Gasteiger charge is 2.13. The molecule has 0 saturated carbocycles. The van der Waals surface area contributed by atoms with Crippen molar-refractivity contribution < 1.29 is 0 Å². The van der Waals surface area contributed by atoms with Crippen LogP contribution >= 0.6 is 27.5 Å². The van der Waals surface area contributed by atoms with Gasteiger partial charge in [0.2, 0.25) is 0 Å². The van der Waals surface area contributed by atoms with E-state index < -0.39 is 0 Å². The van der Waals surface area contributed by atoms with E-state index in [9.17, 15) is 0 Å². The molecule has 20 heavy (non-hydrogen) atoms. The fraction of sp³-hybridized carbons (Fsp3) is 0.333. The minimum absolute atomic E-state index is 0.644. The quantitative estimate of drug-likeness (QED) is 0.852. The second kappa shape index (κ2) is 6.55. The number of benzene rings is 1. The zero-order chi connectivity index (χ0) is 14.7. The summed E-state index contributed by atoms with van der Waals surface area (Å²) in [5.41, 5.74) is 3.00. The second-order valence-corrected chi connectivity index (χ2v) is 5.79. The summed E-state index contributed by atoms with van der Waals surface area (Å²) >= 11 is 9.70. The zero-order valence-electron chi connectivity index (χ0n) is 11.8. The molecule has 0 aliphatic heterocycles. The average molecular weight is 355 g/mol. The lowest BCUT2D eigenvalue weighted by Crippen LogP contribution is -2.08. The Morgan fingerprint density at radius 2 is 2.00 bits per heavy atom. The zero-order valence-corrected chi connectivity index (χ0v) is 14.1. The molecular weight excluding hydrogens is 338 g/mol. The minimum atomic E-state index is 0.644. The topological polar surface area (TPSA) is 37.8 Å². The number of hydrogen-bond acceptors (Lipinski definition) is 3. The fourth-order valence-corrected chi connectivity index (χ4v) is 2.88. The summed E-state index contributed by atoms with van der Waals surface area (Å²) in [5.74, 6) is 1.56. The van der Waals surface area contributed by atoms with E-state index in [1.807, 2.05) is 25.1 Å². The number of aryl methyl sites for hydroxylation is 1. The van der Waals surface area contributed by atoms with Gasteiger partial charge in [-0.05, 0) is 38.5 Å². The van der Waals surface area contributed by atoms with Crippen molar-refractivity contribution in [2.24, 2.45) is 0 Å². The Balaban J connectivity index is 2.57. The van der Waals surface area contributed by atoms with Gasteiger partial charge in [-0.1, -0.05) is 34.5 Å². The predicted octanol–water partition coefficient (Wildman–Crippen LogP) is 4.86. The third-order valence-corrected chi connectivity index (χ3v) is 3.89. The number of nitrogens with one attached hydrogen (secondary N) is 1. The standard InChI is InChI=1S/C15H17BrClN3/c1-4-11-9(3)19-15(20-14(11)18-5-2)12-7-6-10(16)8-13(12)17/h6-8H,4-5H2,1-3H3,(H,18,19,20). The van der Waals surface area contributed by atoms with Crippen LogP contribution < -0.4 is 5.32 Å². The Labute approximate surface area is 132 Å². The SMILES string of the molecule is CCNc1nc(-c2ccc(Br)cc2Cl)nc(C)c1CC. The van der Waals surface area contributed by atoms with E-state index in [0.717, 1.165) is 40.1 Å². The van der Waals surface area contributed by atoms with Crippen molar-refractivity contribution in [3.8, 4) is 11.4 Å². The Morgan fingerprint density at radius 3 is 2.60 bits per heavy atom. The molecule has 0 fully saturated rings. The molecule has 0 atom stereocenters. The first-order chi connectivity index (χ1) is 9.56. The molecule has 0 bridgehead atoms. The minimum Gasteiger partial charge on any atom is -0.370 e. The van der Waals surface area contributed by atoms with Crippen molar-refractivity contribution in [3.05, 3.63) is 39.0 Å². The van der Waals surface area contributed by atoms with E-state index in [4.69, 9.17) is 11.6 Å². The van der Waals surface area contributed by atoms with Gasteiger partial charge in [-0.25, -0.2) is 9.97 Å². The first kappa shape index (κ1) is 15.3. The van der Waals surface area contributed by atoms with Gasteiger partial charge >= 0.3 is 0 Å². The van der Waals surface area contributed by atoms with E-state index in [1.54, 1.807) is 0 Å². The van der Waals surface area contributed by atoms with Crippen LogP contribution in [-0.2, 0) is 6.42 Å². The van der Waals surface area contributed by atoms with Crippen LogP contribution in [0.5, 0.6) is 0 Å². The number of hydrogen-bond donors (Lipinski definition) is 1. The highest BCUT2D eigenvalue weighted by Crippen LogP contribution is 2.30. The van der Waals surface area contributed by atoms with Gasteiger partial charge in [0.1, 0.15) is 5.82 Å². The molecule has 0 amide bonds. The summed E-state index contributed by atoms with van der Waals surface area (Å²) in [7, 11) is 0. The molecule has 2 aromatic rings. The van der Waals surface area contributed by atoms with Crippen LogP contribution in [0.25, 0.3) is 11.4 Å². The van der Waals surface area contributed by atoms with Gasteiger partial charge in [0.05, 0.1) is 5.02 Å². The molecule has 1 aromatic carbocycles. The van der Waals surface area contributed by atoms with Crippen molar-refractivity contribution in [3.63, 3.8) is 0 Å². The van der Waals surface area contributed by atoms with Gasteiger partial charge in [0, 0.05) is 27.8 Å². The van der Waals surface area contributed by atoms with Gasteiger partial charge < -0.3 is 5.32 Å². The smallest absolute Gasteiger partial charge is 0.163 e. The summed E-state index contributed by atoms with van der Waals surface area (Å²) in [6, 6.07) is 5.74. The second-order valence-electron chi connectivity index (χ2n) is 4.47. The number of nitrogens with zero attached hydrogens (tertiary/aromatic N) is 2. The van der Waals surface area contributed by atoms with Crippen LogP contribution in [0.3, 0.4) is 0 Å². The molecule has 1 aromatic heterocycles. The normalized spacial score (nSPS) is 10.7. The van der Waals surface area contributed by atoms with Crippen molar-refractivity contribution in [2.75, 3.05) is 11.9 Å². The molecular formula is C15H17BrClN3. The molecule has 5 heteroatoms. The molecule has 106 valence electrons. The average Bonchev–Trinajstić information content (AvgIpc) is 2.38. The summed E-state index contributed by atoms with van der Waals surface area (Å²) in [6.45, 7) is 7.01. The highest BCUT2D eigenvalue weighted by atomic mass is 79.9. The fourth-order valence-electron chi connectivity index (χ4n) is 2.12. The molecule has 1 N–H and O–H groups in total. The van der Waals surface area contributed by atoms with Crippen LogP contribution in [0.2, 0.25) is 5.02 Å². The maximum atomic E-state index is 6.29. The molecule has 0 aliphatic rings. The first-order valence-corrected chi connectivity index (χ1v) is 7.80. The third kappa shape index (κ3) is 3.13. The maximum absolute atomic E-state index is 6.29. The van der Waals surface area contributed by atoms with Gasteiger partial charge in [0.25, 0.3) is 0 Å². The van der Waals surface area contributed by atoms with Gasteiger partial charge in [-0.15, -0.1) is 0 Å². The van der Waals surface area contributed by atoms with Crippen molar-refractivity contribution in [1.29, 1.82) is 0 Å². The summed E-state index contributed by atoms with van der Waals surface area (Å²) in [6.07, 6.45) is 0.905. The van der Waals surface area contributed by atoms with Gasteiger partial charge in [-0.3, -0.25) is 0 Å². The van der Waals surface area contributed by atoms with Crippen molar-refractivity contribution in [2.45, 2.75) is 27.2 Å². The van der Waals surface area contributed by atoms with E-state index in [-0.39, 0.29) is 0 Å². The Bertz CT molecular complexity index is 629. The van der Waals surface area contributed by atoms with E-state index >= 15 is 0 Å². The van der Waals surface area contributed by atoms with Crippen LogP contribution in [0.4, 0.5) is 5.82 Å². The summed E-state index contributed by atoms with van der Waals surface area (Å²) in [5, 5.41) is 3.95. The van der Waals surface area contributed by atoms with Crippen LogP contribution in [0.15, 0.2) is 22.7 Å². The number of aromatic nitrogens is 2.